The molecule has 2 aromatic heterocycles. The lowest BCUT2D eigenvalue weighted by molar-refractivity contribution is -0.125. The average molecular weight is 388 g/mol. The standard InChI is InChI=1S/C19H21N3O2S2/c1-24-14-6-7-16-17(10-14)26-19(21-16)22-8-2-4-13(12-22)18(23)20-11-15-5-3-9-25-15/h3,5-7,9-10,13H,2,4,8,11-12H2,1H3,(H,20,23). The van der Waals surface area contributed by atoms with Gasteiger partial charge in [-0.05, 0) is 42.5 Å². The highest BCUT2D eigenvalue weighted by atomic mass is 32.1. The fraction of sp³-hybridized carbons (Fsp3) is 0.368. The number of benzene rings is 1. The Balaban J connectivity index is 1.43. The molecule has 1 atom stereocenters. The van der Waals surface area contributed by atoms with Gasteiger partial charge < -0.3 is 15.0 Å². The maximum absolute atomic E-state index is 12.6. The van der Waals surface area contributed by atoms with E-state index < -0.39 is 0 Å². The number of nitrogens with one attached hydrogen (secondary N) is 1. The second-order valence-electron chi connectivity index (χ2n) is 6.41. The molecular formula is C19H21N3O2S2. The second kappa shape index (κ2) is 7.63. The van der Waals surface area contributed by atoms with Crippen molar-refractivity contribution in [1.82, 2.24) is 10.3 Å². The van der Waals surface area contributed by atoms with Gasteiger partial charge in [-0.15, -0.1) is 11.3 Å². The number of thiazole rings is 1. The molecule has 0 radical (unpaired) electrons. The van der Waals surface area contributed by atoms with Gasteiger partial charge >= 0.3 is 0 Å². The van der Waals surface area contributed by atoms with Crippen LogP contribution in [0.5, 0.6) is 5.75 Å². The monoisotopic (exact) mass is 387 g/mol. The molecule has 1 unspecified atom stereocenters. The molecule has 1 N–H and O–H groups in total. The summed E-state index contributed by atoms with van der Waals surface area (Å²) in [5.74, 6) is 1.01. The van der Waals surface area contributed by atoms with Gasteiger partial charge in [0.2, 0.25) is 5.91 Å². The van der Waals surface area contributed by atoms with E-state index in [0.717, 1.165) is 47.0 Å². The van der Waals surface area contributed by atoms with Crippen molar-refractivity contribution in [1.29, 1.82) is 0 Å². The van der Waals surface area contributed by atoms with Gasteiger partial charge in [-0.25, -0.2) is 4.98 Å². The molecule has 0 saturated carbocycles. The molecule has 3 aromatic rings. The van der Waals surface area contributed by atoms with Gasteiger partial charge in [0.1, 0.15) is 5.75 Å². The molecule has 1 amide bonds. The molecule has 0 aliphatic carbocycles. The number of carbonyl (C=O) groups excluding carboxylic acids is 1. The van der Waals surface area contributed by atoms with Crippen molar-refractivity contribution >= 4 is 43.9 Å². The average Bonchev–Trinajstić information content (AvgIpc) is 3.35. The minimum Gasteiger partial charge on any atom is -0.497 e. The lowest BCUT2D eigenvalue weighted by Gasteiger charge is -2.31. The van der Waals surface area contributed by atoms with E-state index in [1.54, 1.807) is 29.8 Å². The number of rotatable bonds is 5. The summed E-state index contributed by atoms with van der Waals surface area (Å²) in [6.07, 6.45) is 1.95. The van der Waals surface area contributed by atoms with Crippen LogP contribution >= 0.6 is 22.7 Å². The minimum absolute atomic E-state index is 0.0188. The highest BCUT2D eigenvalue weighted by molar-refractivity contribution is 7.22. The molecule has 1 aromatic carbocycles. The Labute approximate surface area is 160 Å². The summed E-state index contributed by atoms with van der Waals surface area (Å²) >= 11 is 3.33. The molecule has 4 rings (SSSR count). The Morgan fingerprint density at radius 1 is 1.42 bits per heavy atom. The van der Waals surface area contributed by atoms with Crippen LogP contribution in [-0.2, 0) is 11.3 Å². The first-order chi connectivity index (χ1) is 12.7. The molecule has 3 heterocycles. The normalized spacial score (nSPS) is 17.4. The number of methoxy groups -OCH3 is 1. The van der Waals surface area contributed by atoms with Crippen LogP contribution in [0.25, 0.3) is 10.2 Å². The summed E-state index contributed by atoms with van der Waals surface area (Å²) in [5, 5.41) is 6.10. The number of carbonyl (C=O) groups is 1. The Bertz CT molecular complexity index is 891. The number of anilines is 1. The van der Waals surface area contributed by atoms with Crippen LogP contribution in [0.15, 0.2) is 35.7 Å². The Kier molecular flexibility index (Phi) is 5.08. The first-order valence-electron chi connectivity index (χ1n) is 8.72. The zero-order valence-electron chi connectivity index (χ0n) is 14.6. The molecule has 26 heavy (non-hydrogen) atoms. The second-order valence-corrected chi connectivity index (χ2v) is 8.45. The van der Waals surface area contributed by atoms with Crippen LogP contribution < -0.4 is 15.0 Å². The molecule has 136 valence electrons. The topological polar surface area (TPSA) is 54.5 Å². The van der Waals surface area contributed by atoms with Gasteiger partial charge in [0.15, 0.2) is 5.13 Å². The molecule has 7 heteroatoms. The van der Waals surface area contributed by atoms with Crippen LogP contribution in [-0.4, -0.2) is 31.1 Å². The van der Waals surface area contributed by atoms with Crippen LogP contribution in [0.4, 0.5) is 5.13 Å². The molecule has 0 bridgehead atoms. The van der Waals surface area contributed by atoms with Gasteiger partial charge in [-0.2, -0.15) is 0 Å². The maximum Gasteiger partial charge on any atom is 0.225 e. The van der Waals surface area contributed by atoms with E-state index in [0.29, 0.717) is 6.54 Å². The van der Waals surface area contributed by atoms with E-state index in [9.17, 15) is 4.79 Å². The molecule has 1 saturated heterocycles. The zero-order valence-corrected chi connectivity index (χ0v) is 16.2. The van der Waals surface area contributed by atoms with E-state index in [-0.39, 0.29) is 11.8 Å². The summed E-state index contributed by atoms with van der Waals surface area (Å²) in [4.78, 5) is 20.7. The number of thiophene rings is 1. The predicted molar refractivity (Wildman–Crippen MR) is 107 cm³/mol. The van der Waals surface area contributed by atoms with Crippen LogP contribution in [0.2, 0.25) is 0 Å². The number of aromatic nitrogens is 1. The Morgan fingerprint density at radius 3 is 3.15 bits per heavy atom. The number of fused-ring (bicyclic) bond motifs is 1. The van der Waals surface area contributed by atoms with Crippen molar-refractivity contribution in [3.8, 4) is 5.75 Å². The third-order valence-corrected chi connectivity index (χ3v) is 6.62. The lowest BCUT2D eigenvalue weighted by Crippen LogP contribution is -2.42. The SMILES string of the molecule is COc1ccc2nc(N3CCCC(C(=O)NCc4cccs4)C3)sc2c1. The molecule has 0 spiro atoms. The first kappa shape index (κ1) is 17.3. The fourth-order valence-electron chi connectivity index (χ4n) is 3.25. The van der Waals surface area contributed by atoms with Crippen molar-refractivity contribution in [3.05, 3.63) is 40.6 Å². The highest BCUT2D eigenvalue weighted by Gasteiger charge is 2.27. The van der Waals surface area contributed by atoms with Crippen LogP contribution in [0, 0.1) is 5.92 Å². The van der Waals surface area contributed by atoms with Crippen molar-refractivity contribution in [3.63, 3.8) is 0 Å². The van der Waals surface area contributed by atoms with Crippen LogP contribution in [0.1, 0.15) is 17.7 Å². The smallest absolute Gasteiger partial charge is 0.225 e. The summed E-state index contributed by atoms with van der Waals surface area (Å²) in [6, 6.07) is 10.0. The predicted octanol–water partition coefficient (Wildman–Crippen LogP) is 3.90. The zero-order chi connectivity index (χ0) is 17.9. The van der Waals surface area contributed by atoms with Crippen LogP contribution in [0.3, 0.4) is 0 Å². The Morgan fingerprint density at radius 2 is 2.35 bits per heavy atom. The summed E-state index contributed by atoms with van der Waals surface area (Å²) in [5.41, 5.74) is 0.982. The number of piperidine rings is 1. The quantitative estimate of drug-likeness (QED) is 0.721. The van der Waals surface area contributed by atoms with Crippen molar-refractivity contribution in [2.24, 2.45) is 5.92 Å². The van der Waals surface area contributed by atoms with Crippen molar-refractivity contribution in [2.75, 3.05) is 25.1 Å². The van der Waals surface area contributed by atoms with Gasteiger partial charge in [-0.3, -0.25) is 4.79 Å². The van der Waals surface area contributed by atoms with Gasteiger partial charge in [0.25, 0.3) is 0 Å². The van der Waals surface area contributed by atoms with E-state index in [2.05, 4.69) is 10.2 Å². The molecule has 1 fully saturated rings. The largest absolute Gasteiger partial charge is 0.497 e. The molecule has 1 aliphatic heterocycles. The third-order valence-electron chi connectivity index (χ3n) is 4.66. The fourth-order valence-corrected chi connectivity index (χ4v) is 4.93. The highest BCUT2D eigenvalue weighted by Crippen LogP contribution is 2.33. The van der Waals surface area contributed by atoms with Gasteiger partial charge in [-0.1, -0.05) is 17.4 Å². The maximum atomic E-state index is 12.6. The summed E-state index contributed by atoms with van der Waals surface area (Å²) in [6.45, 7) is 2.30. The van der Waals surface area contributed by atoms with Crippen molar-refractivity contribution < 1.29 is 9.53 Å². The Hall–Kier alpha value is -2.12. The number of amides is 1. The van der Waals surface area contributed by atoms with E-state index in [4.69, 9.17) is 9.72 Å². The first-order valence-corrected chi connectivity index (χ1v) is 10.4. The third kappa shape index (κ3) is 3.68. The number of hydrogen-bond donors (Lipinski definition) is 1. The molecular weight excluding hydrogens is 366 g/mol. The van der Waals surface area contributed by atoms with E-state index in [1.807, 2.05) is 35.7 Å². The van der Waals surface area contributed by atoms with Crippen molar-refractivity contribution in [2.45, 2.75) is 19.4 Å². The molecule has 5 nitrogen and oxygen atoms in total. The van der Waals surface area contributed by atoms with E-state index in [1.165, 1.54) is 4.88 Å². The summed E-state index contributed by atoms with van der Waals surface area (Å²) < 4.78 is 6.41. The van der Waals surface area contributed by atoms with Gasteiger partial charge in [0.05, 0.1) is 29.8 Å². The number of hydrogen-bond acceptors (Lipinski definition) is 6. The van der Waals surface area contributed by atoms with Gasteiger partial charge in [0, 0.05) is 18.0 Å². The number of ether oxygens (including phenoxy) is 1. The summed E-state index contributed by atoms with van der Waals surface area (Å²) in [7, 11) is 1.67. The van der Waals surface area contributed by atoms with E-state index >= 15 is 0 Å². The lowest BCUT2D eigenvalue weighted by atomic mass is 9.97. The minimum atomic E-state index is 0.0188. The number of nitrogens with zero attached hydrogens (tertiary/aromatic N) is 2. The molecule has 1 aliphatic rings.